The van der Waals surface area contributed by atoms with Crippen molar-refractivity contribution >= 4 is 23.5 Å². The van der Waals surface area contributed by atoms with Gasteiger partial charge in [-0.2, -0.15) is 0 Å². The minimum absolute atomic E-state index is 0.0252. The maximum atomic E-state index is 12.5. The number of nitrogens with zero attached hydrogens (tertiary/aromatic N) is 4. The van der Waals surface area contributed by atoms with Gasteiger partial charge in [-0.3, -0.25) is 14.2 Å². The fraction of sp³-hybridized carbons (Fsp3) is 0.294. The number of hydrogen-bond donors (Lipinski definition) is 2. The lowest BCUT2D eigenvalue weighted by Gasteiger charge is -2.06. The normalized spacial score (nSPS) is 10.8. The van der Waals surface area contributed by atoms with Gasteiger partial charge in [0.15, 0.2) is 5.82 Å². The van der Waals surface area contributed by atoms with Crippen molar-refractivity contribution in [3.8, 4) is 0 Å². The van der Waals surface area contributed by atoms with Crippen molar-refractivity contribution in [2.45, 2.75) is 32.0 Å². The number of rotatable bonds is 8. The third-order valence-electron chi connectivity index (χ3n) is 3.81. The van der Waals surface area contributed by atoms with Crippen molar-refractivity contribution < 1.29 is 13.7 Å². The first-order valence-corrected chi connectivity index (χ1v) is 9.47. The van der Waals surface area contributed by atoms with Gasteiger partial charge in [0.2, 0.25) is 11.8 Å². The van der Waals surface area contributed by atoms with Crippen LogP contribution in [0.15, 0.2) is 42.5 Å². The molecule has 0 aromatic carbocycles. The lowest BCUT2D eigenvalue weighted by atomic mass is 10.1. The van der Waals surface area contributed by atoms with E-state index < -0.39 is 11.2 Å². The summed E-state index contributed by atoms with van der Waals surface area (Å²) in [5.74, 6) is 0.810. The van der Waals surface area contributed by atoms with E-state index in [1.54, 1.807) is 19.9 Å². The smallest absolute Gasteiger partial charge is 0.328 e. The number of aryl methyl sites for hydroxylation is 2. The second kappa shape index (κ2) is 8.73. The van der Waals surface area contributed by atoms with Crippen LogP contribution in [-0.2, 0) is 17.8 Å². The zero-order valence-electron chi connectivity index (χ0n) is 15.7. The van der Waals surface area contributed by atoms with Gasteiger partial charge >= 0.3 is 5.69 Å². The number of aromatic amines is 1. The molecule has 2 N–H and O–H groups in total. The minimum Gasteiger partial charge on any atom is -0.416 e. The van der Waals surface area contributed by atoms with Gasteiger partial charge in [0.05, 0.1) is 12.2 Å². The van der Waals surface area contributed by atoms with Gasteiger partial charge in [0.1, 0.15) is 5.76 Å². The van der Waals surface area contributed by atoms with E-state index in [0.29, 0.717) is 22.8 Å². The fourth-order valence-electron chi connectivity index (χ4n) is 2.47. The van der Waals surface area contributed by atoms with Crippen molar-refractivity contribution in [3.63, 3.8) is 0 Å². The zero-order chi connectivity index (χ0) is 21.0. The summed E-state index contributed by atoms with van der Waals surface area (Å²) < 4.78 is 11.4. The number of H-pyrrole nitrogens is 1. The molecule has 0 aliphatic rings. The number of carbonyl (C=O) groups excluding carboxylic acids is 1. The lowest BCUT2D eigenvalue weighted by molar-refractivity contribution is -0.113. The third-order valence-corrected chi connectivity index (χ3v) is 4.62. The highest BCUT2D eigenvalue weighted by Gasteiger charge is 2.16. The summed E-state index contributed by atoms with van der Waals surface area (Å²) in [6.07, 6.45) is 1.51. The van der Waals surface area contributed by atoms with Crippen molar-refractivity contribution in [1.29, 1.82) is 0 Å². The Kier molecular flexibility index (Phi) is 6.12. The molecule has 3 rings (SSSR count). The molecule has 3 aromatic heterocycles. The van der Waals surface area contributed by atoms with Crippen LogP contribution in [-0.4, -0.2) is 36.6 Å². The standard InChI is InChI=1S/C17H18N6O5S/c1-4-5-23-15(25)11(10(3)18-16(23)26)7-14-20-21-17(27-14)29-8-13(24)19-12-6-9(2)28-22-12/h4,6H,1,5,7-8H2,2-3H3,(H,18,26)(H,19,22,24). The highest BCUT2D eigenvalue weighted by molar-refractivity contribution is 7.99. The fourth-order valence-corrected chi connectivity index (χ4v) is 3.05. The summed E-state index contributed by atoms with van der Waals surface area (Å²) in [5.41, 5.74) is -0.187. The van der Waals surface area contributed by atoms with Crippen LogP contribution in [0.2, 0.25) is 0 Å². The Morgan fingerprint density at radius 3 is 2.86 bits per heavy atom. The van der Waals surface area contributed by atoms with E-state index in [2.05, 4.69) is 32.2 Å². The average molecular weight is 418 g/mol. The Morgan fingerprint density at radius 2 is 2.17 bits per heavy atom. The van der Waals surface area contributed by atoms with Crippen molar-refractivity contribution in [1.82, 2.24) is 24.9 Å². The lowest BCUT2D eigenvalue weighted by Crippen LogP contribution is -2.37. The molecule has 3 aromatic rings. The number of carbonyl (C=O) groups is 1. The Hall–Kier alpha value is -3.41. The van der Waals surface area contributed by atoms with Crippen molar-refractivity contribution in [3.05, 3.63) is 62.5 Å². The molecule has 12 heteroatoms. The van der Waals surface area contributed by atoms with E-state index in [1.165, 1.54) is 6.08 Å². The molecule has 1 amide bonds. The van der Waals surface area contributed by atoms with Gasteiger partial charge < -0.3 is 19.2 Å². The van der Waals surface area contributed by atoms with Crippen LogP contribution in [0.4, 0.5) is 5.82 Å². The molecule has 0 saturated carbocycles. The first-order valence-electron chi connectivity index (χ1n) is 8.49. The van der Waals surface area contributed by atoms with E-state index in [4.69, 9.17) is 8.94 Å². The maximum Gasteiger partial charge on any atom is 0.328 e. The van der Waals surface area contributed by atoms with Crippen LogP contribution in [0.25, 0.3) is 0 Å². The Bertz CT molecular complexity index is 1160. The number of nitrogens with one attached hydrogen (secondary N) is 2. The number of anilines is 1. The molecule has 0 fully saturated rings. The Balaban J connectivity index is 1.65. The predicted octanol–water partition coefficient (Wildman–Crippen LogP) is 1.03. The van der Waals surface area contributed by atoms with Gasteiger partial charge in [0.25, 0.3) is 10.8 Å². The zero-order valence-corrected chi connectivity index (χ0v) is 16.5. The monoisotopic (exact) mass is 418 g/mol. The molecule has 0 aliphatic heterocycles. The largest absolute Gasteiger partial charge is 0.416 e. The number of allylic oxidation sites excluding steroid dienone is 1. The van der Waals surface area contributed by atoms with Crippen molar-refractivity contribution in [2.75, 3.05) is 11.1 Å². The number of amides is 1. The quantitative estimate of drug-likeness (QED) is 0.404. The van der Waals surface area contributed by atoms with Crippen LogP contribution in [0.3, 0.4) is 0 Å². The van der Waals surface area contributed by atoms with Gasteiger partial charge in [-0.05, 0) is 13.8 Å². The molecule has 11 nitrogen and oxygen atoms in total. The van der Waals surface area contributed by atoms with E-state index >= 15 is 0 Å². The maximum absolute atomic E-state index is 12.5. The predicted molar refractivity (Wildman–Crippen MR) is 104 cm³/mol. The minimum atomic E-state index is -0.508. The highest BCUT2D eigenvalue weighted by atomic mass is 32.2. The summed E-state index contributed by atoms with van der Waals surface area (Å²) in [7, 11) is 0. The average Bonchev–Trinajstić information content (AvgIpc) is 3.29. The molecule has 0 unspecified atom stereocenters. The first-order chi connectivity index (χ1) is 13.9. The molecule has 152 valence electrons. The molecule has 0 atom stereocenters. The SMILES string of the molecule is C=CCn1c(=O)[nH]c(C)c(Cc2nnc(SCC(=O)Nc3cc(C)on3)o2)c1=O. The number of hydrogen-bond acceptors (Lipinski definition) is 9. The summed E-state index contributed by atoms with van der Waals surface area (Å²) >= 11 is 1.04. The van der Waals surface area contributed by atoms with E-state index in [9.17, 15) is 14.4 Å². The third kappa shape index (κ3) is 4.90. The van der Waals surface area contributed by atoms with Crippen LogP contribution < -0.4 is 16.6 Å². The second-order valence-electron chi connectivity index (χ2n) is 6.04. The molecular weight excluding hydrogens is 400 g/mol. The van der Waals surface area contributed by atoms with E-state index in [0.717, 1.165) is 16.3 Å². The van der Waals surface area contributed by atoms with Crippen LogP contribution in [0.5, 0.6) is 0 Å². The molecule has 0 bridgehead atoms. The molecule has 29 heavy (non-hydrogen) atoms. The molecule has 0 spiro atoms. The number of thioether (sulfide) groups is 1. The Morgan fingerprint density at radius 1 is 1.38 bits per heavy atom. The highest BCUT2D eigenvalue weighted by Crippen LogP contribution is 2.18. The van der Waals surface area contributed by atoms with Gasteiger partial charge in [-0.15, -0.1) is 16.8 Å². The Labute approximate surface area is 168 Å². The number of aromatic nitrogens is 5. The first kappa shape index (κ1) is 20.3. The van der Waals surface area contributed by atoms with E-state index in [1.807, 2.05) is 0 Å². The summed E-state index contributed by atoms with van der Waals surface area (Å²) in [6, 6.07) is 1.60. The van der Waals surface area contributed by atoms with Crippen LogP contribution in [0.1, 0.15) is 22.9 Å². The summed E-state index contributed by atoms with van der Waals surface area (Å²) in [6.45, 7) is 6.97. The molecule has 0 aliphatic carbocycles. The second-order valence-corrected chi connectivity index (χ2v) is 6.96. The summed E-state index contributed by atoms with van der Waals surface area (Å²) in [5, 5.41) is 14.2. The topological polar surface area (TPSA) is 149 Å². The van der Waals surface area contributed by atoms with Crippen molar-refractivity contribution in [2.24, 2.45) is 0 Å². The summed E-state index contributed by atoms with van der Waals surface area (Å²) in [4.78, 5) is 39.0. The molecule has 0 radical (unpaired) electrons. The van der Waals surface area contributed by atoms with Gasteiger partial charge in [-0.25, -0.2) is 4.79 Å². The molecule has 3 heterocycles. The van der Waals surface area contributed by atoms with Gasteiger partial charge in [0, 0.05) is 23.9 Å². The van der Waals surface area contributed by atoms with Crippen LogP contribution >= 0.6 is 11.8 Å². The van der Waals surface area contributed by atoms with Crippen LogP contribution in [0, 0.1) is 13.8 Å². The van der Waals surface area contributed by atoms with E-state index in [-0.39, 0.29) is 35.7 Å². The molecular formula is C17H18N6O5S. The van der Waals surface area contributed by atoms with Gasteiger partial charge in [-0.1, -0.05) is 23.0 Å². The molecule has 0 saturated heterocycles.